The van der Waals surface area contributed by atoms with E-state index in [0.29, 0.717) is 0 Å². The van der Waals surface area contributed by atoms with Crippen LogP contribution in [0.25, 0.3) is 6.08 Å². The second kappa shape index (κ2) is 7.88. The second-order valence-electron chi connectivity index (χ2n) is 5.46. The number of hydrogen-bond donors (Lipinski definition) is 1. The first-order valence-electron chi connectivity index (χ1n) is 7.81. The molecule has 1 aromatic heterocycles. The average Bonchev–Trinajstić information content (AvgIpc) is 2.63. The third-order valence-electron chi connectivity index (χ3n) is 3.61. The number of benzene rings is 2. The summed E-state index contributed by atoms with van der Waals surface area (Å²) in [6, 6.07) is 21.6. The standard InChI is InChI=1S/C21H18N2O/c24-21(11-8-17-4-2-1-3-5-17)23-20-9-6-18(7-10-20)16-19-12-14-22-15-13-19/h1-15H,16H2,(H,23,24)/b11-8-. The van der Waals surface area contributed by atoms with Crippen molar-refractivity contribution in [3.63, 3.8) is 0 Å². The topological polar surface area (TPSA) is 42.0 Å². The quantitative estimate of drug-likeness (QED) is 0.712. The zero-order chi connectivity index (χ0) is 16.6. The summed E-state index contributed by atoms with van der Waals surface area (Å²) in [5.41, 5.74) is 4.20. The predicted octanol–water partition coefficient (Wildman–Crippen LogP) is 4.32. The number of pyridine rings is 1. The zero-order valence-corrected chi connectivity index (χ0v) is 13.2. The van der Waals surface area contributed by atoms with Crippen molar-refractivity contribution in [2.75, 3.05) is 5.32 Å². The summed E-state index contributed by atoms with van der Waals surface area (Å²) in [5, 5.41) is 2.87. The lowest BCUT2D eigenvalue weighted by atomic mass is 10.1. The second-order valence-corrected chi connectivity index (χ2v) is 5.46. The van der Waals surface area contributed by atoms with Gasteiger partial charge in [-0.05, 0) is 53.5 Å². The number of aromatic nitrogens is 1. The maximum Gasteiger partial charge on any atom is 0.248 e. The molecule has 0 saturated heterocycles. The van der Waals surface area contributed by atoms with Gasteiger partial charge >= 0.3 is 0 Å². The first-order chi connectivity index (χ1) is 11.8. The minimum absolute atomic E-state index is 0.138. The fourth-order valence-corrected chi connectivity index (χ4v) is 2.36. The molecule has 3 aromatic rings. The highest BCUT2D eigenvalue weighted by atomic mass is 16.1. The number of nitrogens with one attached hydrogen (secondary N) is 1. The van der Waals surface area contributed by atoms with Crippen molar-refractivity contribution in [1.82, 2.24) is 4.98 Å². The van der Waals surface area contributed by atoms with Crippen LogP contribution in [-0.4, -0.2) is 10.9 Å². The predicted molar refractivity (Wildman–Crippen MR) is 97.6 cm³/mol. The Hall–Kier alpha value is -3.20. The lowest BCUT2D eigenvalue weighted by molar-refractivity contribution is -0.111. The van der Waals surface area contributed by atoms with Crippen LogP contribution in [0.15, 0.2) is 85.2 Å². The van der Waals surface area contributed by atoms with Crippen molar-refractivity contribution in [1.29, 1.82) is 0 Å². The molecule has 0 bridgehead atoms. The lowest BCUT2D eigenvalue weighted by Gasteiger charge is -2.05. The van der Waals surface area contributed by atoms with Gasteiger partial charge in [0.25, 0.3) is 0 Å². The van der Waals surface area contributed by atoms with Gasteiger partial charge in [-0.3, -0.25) is 9.78 Å². The zero-order valence-electron chi connectivity index (χ0n) is 13.2. The molecule has 0 fully saturated rings. The molecular formula is C21H18N2O. The summed E-state index contributed by atoms with van der Waals surface area (Å²) in [7, 11) is 0. The fraction of sp³-hybridized carbons (Fsp3) is 0.0476. The molecule has 0 atom stereocenters. The monoisotopic (exact) mass is 314 g/mol. The highest BCUT2D eigenvalue weighted by Gasteiger charge is 2.00. The maximum absolute atomic E-state index is 12.0. The Kier molecular flexibility index (Phi) is 5.15. The molecule has 3 nitrogen and oxygen atoms in total. The lowest BCUT2D eigenvalue weighted by Crippen LogP contribution is -2.07. The molecule has 0 radical (unpaired) electrons. The van der Waals surface area contributed by atoms with Crippen molar-refractivity contribution in [3.8, 4) is 0 Å². The van der Waals surface area contributed by atoms with E-state index in [1.807, 2.05) is 66.7 Å². The number of rotatable bonds is 5. The molecule has 0 unspecified atom stereocenters. The van der Waals surface area contributed by atoms with E-state index in [4.69, 9.17) is 0 Å². The van der Waals surface area contributed by atoms with E-state index in [2.05, 4.69) is 10.3 Å². The van der Waals surface area contributed by atoms with Gasteiger partial charge in [-0.2, -0.15) is 0 Å². The number of hydrogen-bond acceptors (Lipinski definition) is 2. The van der Waals surface area contributed by atoms with Gasteiger partial charge in [0.2, 0.25) is 5.91 Å². The summed E-state index contributed by atoms with van der Waals surface area (Å²) < 4.78 is 0. The smallest absolute Gasteiger partial charge is 0.248 e. The van der Waals surface area contributed by atoms with E-state index in [1.165, 1.54) is 11.1 Å². The van der Waals surface area contributed by atoms with Gasteiger partial charge in [0, 0.05) is 24.2 Å². The third kappa shape index (κ3) is 4.65. The molecule has 118 valence electrons. The van der Waals surface area contributed by atoms with Gasteiger partial charge in [-0.1, -0.05) is 42.5 Å². The Balaban J connectivity index is 1.58. The summed E-state index contributed by atoms with van der Waals surface area (Å²) in [5.74, 6) is -0.138. The van der Waals surface area contributed by atoms with Crippen molar-refractivity contribution in [2.24, 2.45) is 0 Å². The number of carbonyl (C=O) groups is 1. The highest BCUT2D eigenvalue weighted by Crippen LogP contribution is 2.13. The molecular weight excluding hydrogens is 296 g/mol. The first kappa shape index (κ1) is 15.7. The molecule has 0 spiro atoms. The number of carbonyl (C=O) groups excluding carboxylic acids is 1. The fourth-order valence-electron chi connectivity index (χ4n) is 2.36. The molecule has 0 aliphatic heterocycles. The molecule has 1 heterocycles. The van der Waals surface area contributed by atoms with Crippen molar-refractivity contribution < 1.29 is 4.79 Å². The van der Waals surface area contributed by atoms with Crippen molar-refractivity contribution in [2.45, 2.75) is 6.42 Å². The molecule has 2 aromatic carbocycles. The number of nitrogens with zero attached hydrogens (tertiary/aromatic N) is 1. The highest BCUT2D eigenvalue weighted by molar-refractivity contribution is 6.01. The molecule has 0 saturated carbocycles. The van der Waals surface area contributed by atoms with Gasteiger partial charge in [-0.15, -0.1) is 0 Å². The molecule has 24 heavy (non-hydrogen) atoms. The summed E-state index contributed by atoms with van der Waals surface area (Å²) in [4.78, 5) is 16.0. The van der Waals surface area contributed by atoms with Crippen LogP contribution in [0, 0.1) is 0 Å². The van der Waals surface area contributed by atoms with Crippen LogP contribution < -0.4 is 5.32 Å². The van der Waals surface area contributed by atoms with Crippen LogP contribution in [0.5, 0.6) is 0 Å². The largest absolute Gasteiger partial charge is 0.323 e. The SMILES string of the molecule is O=C(/C=C\c1ccccc1)Nc1ccc(Cc2ccncc2)cc1. The molecule has 1 amide bonds. The van der Waals surface area contributed by atoms with Crippen LogP contribution in [0.4, 0.5) is 5.69 Å². The molecule has 0 aliphatic rings. The minimum atomic E-state index is -0.138. The van der Waals surface area contributed by atoms with Gasteiger partial charge in [0.1, 0.15) is 0 Å². The van der Waals surface area contributed by atoms with Crippen LogP contribution in [-0.2, 0) is 11.2 Å². The van der Waals surface area contributed by atoms with Gasteiger partial charge < -0.3 is 5.32 Å². The first-order valence-corrected chi connectivity index (χ1v) is 7.81. The van der Waals surface area contributed by atoms with Gasteiger partial charge in [0.05, 0.1) is 0 Å². The molecule has 0 aliphatic carbocycles. The van der Waals surface area contributed by atoms with Gasteiger partial charge in [-0.25, -0.2) is 0 Å². The Bertz CT molecular complexity index is 809. The Morgan fingerprint density at radius 2 is 1.54 bits per heavy atom. The van der Waals surface area contributed by atoms with Crippen LogP contribution in [0.2, 0.25) is 0 Å². The van der Waals surface area contributed by atoms with Crippen molar-refractivity contribution in [3.05, 3.63) is 102 Å². The normalized spacial score (nSPS) is 10.7. The third-order valence-corrected chi connectivity index (χ3v) is 3.61. The van der Waals surface area contributed by atoms with E-state index in [-0.39, 0.29) is 5.91 Å². The van der Waals surface area contributed by atoms with E-state index >= 15 is 0 Å². The van der Waals surface area contributed by atoms with E-state index in [0.717, 1.165) is 17.7 Å². The van der Waals surface area contributed by atoms with E-state index < -0.39 is 0 Å². The average molecular weight is 314 g/mol. The van der Waals surface area contributed by atoms with Crippen LogP contribution in [0.3, 0.4) is 0 Å². The Morgan fingerprint density at radius 1 is 0.875 bits per heavy atom. The summed E-state index contributed by atoms with van der Waals surface area (Å²) in [6.45, 7) is 0. The van der Waals surface area contributed by atoms with E-state index in [9.17, 15) is 4.79 Å². The summed E-state index contributed by atoms with van der Waals surface area (Å²) >= 11 is 0. The van der Waals surface area contributed by atoms with Gasteiger partial charge in [0.15, 0.2) is 0 Å². The number of anilines is 1. The van der Waals surface area contributed by atoms with E-state index in [1.54, 1.807) is 24.5 Å². The van der Waals surface area contributed by atoms with Crippen molar-refractivity contribution >= 4 is 17.7 Å². The Morgan fingerprint density at radius 3 is 2.25 bits per heavy atom. The molecule has 3 heteroatoms. The minimum Gasteiger partial charge on any atom is -0.323 e. The number of amides is 1. The maximum atomic E-state index is 12.0. The Labute approximate surface area is 141 Å². The molecule has 1 N–H and O–H groups in total. The summed E-state index contributed by atoms with van der Waals surface area (Å²) in [6.07, 6.45) is 7.78. The van der Waals surface area contributed by atoms with Crippen LogP contribution >= 0.6 is 0 Å². The molecule has 3 rings (SSSR count). The van der Waals surface area contributed by atoms with Crippen LogP contribution in [0.1, 0.15) is 16.7 Å².